The van der Waals surface area contributed by atoms with E-state index in [1.165, 1.54) is 0 Å². The molecule has 0 aromatic heterocycles. The Balaban J connectivity index is 2.10. The van der Waals surface area contributed by atoms with Crippen molar-refractivity contribution in [2.45, 2.75) is 51.3 Å². The zero-order chi connectivity index (χ0) is 14.2. The first-order valence-electron chi connectivity index (χ1n) is 6.66. The monoisotopic (exact) mass is 270 g/mol. The largest absolute Gasteiger partial charge is 0.444 e. The Hall–Kier alpha value is -1.30. The smallest absolute Gasteiger partial charge is 0.410 e. The number of carbonyl (C=O) groups is 2. The lowest BCUT2D eigenvalue weighted by atomic mass is 9.85. The quantitative estimate of drug-likeness (QED) is 0.767. The summed E-state index contributed by atoms with van der Waals surface area (Å²) >= 11 is 0. The fourth-order valence-corrected chi connectivity index (χ4v) is 2.76. The van der Waals surface area contributed by atoms with Crippen LogP contribution in [0.1, 0.15) is 33.6 Å². The van der Waals surface area contributed by atoms with E-state index >= 15 is 0 Å². The van der Waals surface area contributed by atoms with Gasteiger partial charge in [0.25, 0.3) is 0 Å². The third kappa shape index (κ3) is 3.18. The minimum atomic E-state index is -0.521. The van der Waals surface area contributed by atoms with E-state index in [-0.39, 0.29) is 30.0 Å². The summed E-state index contributed by atoms with van der Waals surface area (Å²) in [6, 6.07) is -0.223. The standard InChI is InChI=1S/C13H22N2O4/c1-13(2,3)19-12(17)15-9-4-8(11(14)16)5-10(15)7-18-6-9/h8-10H,4-7H2,1-3H3,(H2,14,16). The second-order valence-corrected chi connectivity index (χ2v) is 6.30. The van der Waals surface area contributed by atoms with Crippen molar-refractivity contribution in [3.05, 3.63) is 0 Å². The number of hydrogen-bond acceptors (Lipinski definition) is 4. The van der Waals surface area contributed by atoms with Crippen LogP contribution < -0.4 is 5.73 Å². The van der Waals surface area contributed by atoms with Gasteiger partial charge in [-0.15, -0.1) is 0 Å². The van der Waals surface area contributed by atoms with Crippen molar-refractivity contribution < 1.29 is 19.1 Å². The Kier molecular flexibility index (Phi) is 3.71. The fourth-order valence-electron chi connectivity index (χ4n) is 2.76. The molecule has 2 bridgehead atoms. The van der Waals surface area contributed by atoms with E-state index in [1.54, 1.807) is 4.90 Å². The van der Waals surface area contributed by atoms with Crippen molar-refractivity contribution in [1.29, 1.82) is 0 Å². The number of hydrogen-bond donors (Lipinski definition) is 1. The van der Waals surface area contributed by atoms with Gasteiger partial charge in [0.2, 0.25) is 5.91 Å². The molecule has 2 fully saturated rings. The van der Waals surface area contributed by atoms with E-state index in [0.717, 1.165) is 0 Å². The van der Waals surface area contributed by atoms with Crippen LogP contribution in [0.2, 0.25) is 0 Å². The highest BCUT2D eigenvalue weighted by Crippen LogP contribution is 2.32. The Morgan fingerprint density at radius 3 is 2.16 bits per heavy atom. The second kappa shape index (κ2) is 5.00. The summed E-state index contributed by atoms with van der Waals surface area (Å²) in [5.74, 6) is -0.460. The molecule has 2 aliphatic rings. The Morgan fingerprint density at radius 1 is 1.21 bits per heavy atom. The topological polar surface area (TPSA) is 81.9 Å². The van der Waals surface area contributed by atoms with Crippen LogP contribution in [0.5, 0.6) is 0 Å². The third-order valence-electron chi connectivity index (χ3n) is 3.53. The summed E-state index contributed by atoms with van der Waals surface area (Å²) in [4.78, 5) is 25.3. The van der Waals surface area contributed by atoms with Gasteiger partial charge >= 0.3 is 6.09 Å². The molecule has 0 aromatic rings. The van der Waals surface area contributed by atoms with Crippen LogP contribution in [0.15, 0.2) is 0 Å². The van der Waals surface area contributed by atoms with Crippen LogP contribution in [0.4, 0.5) is 4.79 Å². The summed E-state index contributed by atoms with van der Waals surface area (Å²) in [6.45, 7) is 6.41. The number of rotatable bonds is 1. The van der Waals surface area contributed by atoms with Gasteiger partial charge < -0.3 is 15.2 Å². The van der Waals surface area contributed by atoms with Crippen LogP contribution in [-0.2, 0) is 14.3 Å². The van der Waals surface area contributed by atoms with E-state index in [9.17, 15) is 9.59 Å². The number of ether oxygens (including phenoxy) is 2. The lowest BCUT2D eigenvalue weighted by Crippen LogP contribution is -2.61. The molecule has 0 radical (unpaired) electrons. The Labute approximate surface area is 113 Å². The lowest BCUT2D eigenvalue weighted by Gasteiger charge is -2.47. The van der Waals surface area contributed by atoms with E-state index in [2.05, 4.69) is 0 Å². The lowest BCUT2D eigenvalue weighted by molar-refractivity contribution is -0.131. The molecule has 2 aliphatic heterocycles. The van der Waals surface area contributed by atoms with E-state index in [1.807, 2.05) is 20.8 Å². The third-order valence-corrected chi connectivity index (χ3v) is 3.53. The molecule has 2 atom stereocenters. The van der Waals surface area contributed by atoms with Gasteiger partial charge in [-0.05, 0) is 33.6 Å². The fraction of sp³-hybridized carbons (Fsp3) is 0.846. The molecular weight excluding hydrogens is 248 g/mol. The normalized spacial score (nSPS) is 30.9. The Bertz CT molecular complexity index is 363. The van der Waals surface area contributed by atoms with Crippen LogP contribution in [0.25, 0.3) is 0 Å². The van der Waals surface area contributed by atoms with Gasteiger partial charge in [-0.3, -0.25) is 9.69 Å². The van der Waals surface area contributed by atoms with Gasteiger partial charge in [-0.2, -0.15) is 0 Å². The number of piperidine rings is 1. The molecule has 0 aliphatic carbocycles. The minimum Gasteiger partial charge on any atom is -0.444 e. The van der Waals surface area contributed by atoms with E-state index in [4.69, 9.17) is 15.2 Å². The van der Waals surface area contributed by atoms with Crippen molar-refractivity contribution >= 4 is 12.0 Å². The SMILES string of the molecule is CC(C)(C)OC(=O)N1C2COCC1CC(C(N)=O)C2. The van der Waals surface area contributed by atoms with Crippen LogP contribution in [0, 0.1) is 5.92 Å². The summed E-state index contributed by atoms with van der Waals surface area (Å²) < 4.78 is 10.9. The first-order valence-corrected chi connectivity index (χ1v) is 6.66. The number of morpholine rings is 1. The summed E-state index contributed by atoms with van der Waals surface area (Å²) in [7, 11) is 0. The molecular formula is C13H22N2O4. The first-order chi connectivity index (χ1) is 8.78. The molecule has 2 N–H and O–H groups in total. The molecule has 0 saturated carbocycles. The molecule has 6 nitrogen and oxygen atoms in total. The highest BCUT2D eigenvalue weighted by atomic mass is 16.6. The van der Waals surface area contributed by atoms with Crippen molar-refractivity contribution in [2.24, 2.45) is 11.7 Å². The molecule has 2 amide bonds. The Morgan fingerprint density at radius 2 is 1.74 bits per heavy atom. The van der Waals surface area contributed by atoms with Crippen molar-refractivity contribution in [1.82, 2.24) is 4.90 Å². The van der Waals surface area contributed by atoms with Crippen LogP contribution in [-0.4, -0.2) is 47.8 Å². The maximum atomic E-state index is 12.2. The number of fused-ring (bicyclic) bond motifs is 2. The molecule has 108 valence electrons. The van der Waals surface area contributed by atoms with Gasteiger partial charge in [0, 0.05) is 5.92 Å². The maximum absolute atomic E-state index is 12.2. The van der Waals surface area contributed by atoms with Gasteiger partial charge in [0.1, 0.15) is 5.60 Å². The van der Waals surface area contributed by atoms with E-state index < -0.39 is 5.60 Å². The van der Waals surface area contributed by atoms with Crippen LogP contribution >= 0.6 is 0 Å². The number of primary amides is 1. The summed E-state index contributed by atoms with van der Waals surface area (Å²) in [5.41, 5.74) is 4.86. The number of amides is 2. The number of nitrogens with two attached hydrogens (primary N) is 1. The second-order valence-electron chi connectivity index (χ2n) is 6.30. The molecule has 0 spiro atoms. The first kappa shape index (κ1) is 14.1. The van der Waals surface area contributed by atoms with Crippen molar-refractivity contribution in [3.8, 4) is 0 Å². The molecule has 2 unspecified atom stereocenters. The van der Waals surface area contributed by atoms with Gasteiger partial charge in [0.15, 0.2) is 0 Å². The highest BCUT2D eigenvalue weighted by molar-refractivity contribution is 5.77. The number of nitrogens with zero attached hydrogens (tertiary/aromatic N) is 1. The molecule has 2 saturated heterocycles. The van der Waals surface area contributed by atoms with Crippen molar-refractivity contribution in [2.75, 3.05) is 13.2 Å². The molecule has 2 heterocycles. The molecule has 0 aromatic carbocycles. The molecule has 19 heavy (non-hydrogen) atoms. The van der Waals surface area contributed by atoms with Gasteiger partial charge in [0.05, 0.1) is 25.3 Å². The van der Waals surface area contributed by atoms with Gasteiger partial charge in [-0.25, -0.2) is 4.79 Å². The minimum absolute atomic E-state index is 0.111. The van der Waals surface area contributed by atoms with Gasteiger partial charge in [-0.1, -0.05) is 0 Å². The number of carbonyl (C=O) groups excluding carboxylic acids is 2. The average molecular weight is 270 g/mol. The maximum Gasteiger partial charge on any atom is 0.410 e. The molecule has 6 heteroatoms. The van der Waals surface area contributed by atoms with Crippen molar-refractivity contribution in [3.63, 3.8) is 0 Å². The zero-order valence-electron chi connectivity index (χ0n) is 11.7. The predicted molar refractivity (Wildman–Crippen MR) is 68.4 cm³/mol. The highest BCUT2D eigenvalue weighted by Gasteiger charge is 2.44. The predicted octanol–water partition coefficient (Wildman–Crippen LogP) is 0.886. The summed E-state index contributed by atoms with van der Waals surface area (Å²) in [5, 5.41) is 0. The zero-order valence-corrected chi connectivity index (χ0v) is 11.7. The average Bonchev–Trinajstić information content (AvgIpc) is 2.24. The summed E-state index contributed by atoms with van der Waals surface area (Å²) in [6.07, 6.45) is 0.796. The van der Waals surface area contributed by atoms with Crippen LogP contribution in [0.3, 0.4) is 0 Å². The molecule has 2 rings (SSSR count). The van der Waals surface area contributed by atoms with E-state index in [0.29, 0.717) is 26.1 Å².